The van der Waals surface area contributed by atoms with E-state index in [0.29, 0.717) is 18.6 Å². The van der Waals surface area contributed by atoms with Crippen molar-refractivity contribution >= 4 is 17.8 Å². The van der Waals surface area contributed by atoms with Crippen molar-refractivity contribution in [1.29, 1.82) is 0 Å². The summed E-state index contributed by atoms with van der Waals surface area (Å²) in [7, 11) is 0. The maximum atomic E-state index is 12.5. The van der Waals surface area contributed by atoms with E-state index < -0.39 is 11.6 Å². The van der Waals surface area contributed by atoms with E-state index in [-0.39, 0.29) is 24.9 Å². The number of amides is 4. The second kappa shape index (κ2) is 5.82. The van der Waals surface area contributed by atoms with E-state index in [2.05, 4.69) is 10.6 Å². The summed E-state index contributed by atoms with van der Waals surface area (Å²) in [4.78, 5) is 37.5. The molecule has 0 unspecified atom stereocenters. The molecule has 22 heavy (non-hydrogen) atoms. The maximum Gasteiger partial charge on any atom is 0.325 e. The first-order valence-electron chi connectivity index (χ1n) is 7.54. The van der Waals surface area contributed by atoms with Crippen LogP contribution in [-0.4, -0.2) is 34.8 Å². The van der Waals surface area contributed by atoms with Crippen LogP contribution in [0.2, 0.25) is 0 Å². The molecule has 2 heterocycles. The van der Waals surface area contributed by atoms with Crippen molar-refractivity contribution in [3.63, 3.8) is 0 Å². The van der Waals surface area contributed by atoms with Crippen LogP contribution >= 0.6 is 0 Å². The minimum atomic E-state index is -0.781. The van der Waals surface area contributed by atoms with Gasteiger partial charge in [0, 0.05) is 0 Å². The van der Waals surface area contributed by atoms with Crippen molar-refractivity contribution in [3.05, 3.63) is 24.2 Å². The molecule has 0 radical (unpaired) electrons. The van der Waals surface area contributed by atoms with Crippen LogP contribution in [0.4, 0.5) is 4.79 Å². The Balaban J connectivity index is 1.58. The Morgan fingerprint density at radius 1 is 1.32 bits per heavy atom. The van der Waals surface area contributed by atoms with E-state index in [9.17, 15) is 14.4 Å². The van der Waals surface area contributed by atoms with Crippen LogP contribution in [0.1, 0.15) is 37.9 Å². The maximum absolute atomic E-state index is 12.5. The van der Waals surface area contributed by atoms with Gasteiger partial charge in [0.05, 0.1) is 12.8 Å². The minimum Gasteiger partial charge on any atom is -0.467 e. The summed E-state index contributed by atoms with van der Waals surface area (Å²) in [6, 6.07) is 3.00. The van der Waals surface area contributed by atoms with Gasteiger partial charge >= 0.3 is 6.03 Å². The topological polar surface area (TPSA) is 91.7 Å². The van der Waals surface area contributed by atoms with Crippen molar-refractivity contribution in [2.75, 3.05) is 6.54 Å². The van der Waals surface area contributed by atoms with Gasteiger partial charge in [-0.25, -0.2) is 4.79 Å². The average molecular weight is 305 g/mol. The third kappa shape index (κ3) is 2.70. The average Bonchev–Trinajstić information content (AvgIpc) is 3.10. The molecule has 118 valence electrons. The number of rotatable bonds is 4. The molecule has 4 amide bonds. The lowest BCUT2D eigenvalue weighted by molar-refractivity contribution is -0.135. The third-order valence-corrected chi connectivity index (χ3v) is 4.29. The van der Waals surface area contributed by atoms with E-state index in [1.807, 2.05) is 0 Å². The Hall–Kier alpha value is -2.31. The molecule has 0 bridgehead atoms. The van der Waals surface area contributed by atoms with Gasteiger partial charge in [0.2, 0.25) is 5.91 Å². The first-order valence-corrected chi connectivity index (χ1v) is 7.54. The van der Waals surface area contributed by atoms with Gasteiger partial charge in [0.1, 0.15) is 17.8 Å². The fourth-order valence-electron chi connectivity index (χ4n) is 3.11. The molecule has 7 heteroatoms. The zero-order valence-corrected chi connectivity index (χ0v) is 12.3. The summed E-state index contributed by atoms with van der Waals surface area (Å²) in [5, 5.41) is 5.42. The Bertz CT molecular complexity index is 576. The van der Waals surface area contributed by atoms with Crippen LogP contribution in [0.15, 0.2) is 22.8 Å². The fourth-order valence-corrected chi connectivity index (χ4v) is 3.11. The van der Waals surface area contributed by atoms with Gasteiger partial charge in [0.25, 0.3) is 5.91 Å². The summed E-state index contributed by atoms with van der Waals surface area (Å²) in [6.07, 6.45) is 5.75. The Morgan fingerprint density at radius 2 is 2.09 bits per heavy atom. The van der Waals surface area contributed by atoms with Crippen LogP contribution in [0.3, 0.4) is 0 Å². The van der Waals surface area contributed by atoms with Crippen molar-refractivity contribution in [2.45, 2.75) is 44.2 Å². The summed E-state index contributed by atoms with van der Waals surface area (Å²) >= 11 is 0. The summed E-state index contributed by atoms with van der Waals surface area (Å²) in [5.74, 6) is -0.0348. The Kier molecular flexibility index (Phi) is 3.87. The molecule has 1 spiro atoms. The zero-order valence-electron chi connectivity index (χ0n) is 12.3. The number of imide groups is 1. The lowest BCUT2D eigenvalue weighted by Gasteiger charge is -2.30. The van der Waals surface area contributed by atoms with Gasteiger partial charge in [-0.15, -0.1) is 0 Å². The van der Waals surface area contributed by atoms with Crippen LogP contribution in [-0.2, 0) is 16.1 Å². The quantitative estimate of drug-likeness (QED) is 0.816. The second-order valence-electron chi connectivity index (χ2n) is 5.82. The predicted molar refractivity (Wildman–Crippen MR) is 76.6 cm³/mol. The van der Waals surface area contributed by atoms with Gasteiger partial charge < -0.3 is 15.1 Å². The lowest BCUT2D eigenvalue weighted by Crippen LogP contribution is -2.49. The Labute approximate surface area is 128 Å². The van der Waals surface area contributed by atoms with Crippen LogP contribution in [0, 0.1) is 0 Å². The SMILES string of the molecule is O=C(CN1C(=O)NC2(CCCCC2)C1=O)NCc1ccco1. The van der Waals surface area contributed by atoms with Gasteiger partial charge in [-0.05, 0) is 25.0 Å². The van der Waals surface area contributed by atoms with E-state index >= 15 is 0 Å². The monoisotopic (exact) mass is 305 g/mol. The number of carbonyl (C=O) groups is 3. The van der Waals surface area contributed by atoms with Crippen molar-refractivity contribution < 1.29 is 18.8 Å². The number of hydrogen-bond donors (Lipinski definition) is 2. The molecule has 0 aromatic carbocycles. The van der Waals surface area contributed by atoms with E-state index in [0.717, 1.165) is 24.2 Å². The Morgan fingerprint density at radius 3 is 2.77 bits per heavy atom. The van der Waals surface area contributed by atoms with Crippen molar-refractivity contribution in [1.82, 2.24) is 15.5 Å². The fraction of sp³-hybridized carbons (Fsp3) is 0.533. The van der Waals surface area contributed by atoms with E-state index in [1.165, 1.54) is 6.26 Å². The molecule has 2 N–H and O–H groups in total. The molecule has 2 aliphatic rings. The van der Waals surface area contributed by atoms with E-state index in [4.69, 9.17) is 4.42 Å². The molecule has 1 aliphatic heterocycles. The first-order chi connectivity index (χ1) is 10.6. The van der Waals surface area contributed by atoms with Crippen molar-refractivity contribution in [3.8, 4) is 0 Å². The number of hydrogen-bond acceptors (Lipinski definition) is 4. The number of nitrogens with zero attached hydrogens (tertiary/aromatic N) is 1. The number of nitrogens with one attached hydrogen (secondary N) is 2. The number of furan rings is 1. The molecule has 3 rings (SSSR count). The highest BCUT2D eigenvalue weighted by atomic mass is 16.3. The predicted octanol–water partition coefficient (Wildman–Crippen LogP) is 1.15. The van der Waals surface area contributed by atoms with E-state index in [1.54, 1.807) is 12.1 Å². The highest BCUT2D eigenvalue weighted by Crippen LogP contribution is 2.33. The van der Waals surface area contributed by atoms with Gasteiger partial charge in [-0.3, -0.25) is 14.5 Å². The standard InChI is InChI=1S/C15H19N3O4/c19-12(16-9-11-5-4-8-22-11)10-18-13(20)15(17-14(18)21)6-2-1-3-7-15/h4-5,8H,1-3,6-7,9-10H2,(H,16,19)(H,17,21). The van der Waals surface area contributed by atoms with Gasteiger partial charge in [-0.1, -0.05) is 19.3 Å². The summed E-state index contributed by atoms with van der Waals surface area (Å²) < 4.78 is 5.11. The molecule has 1 aromatic rings. The van der Waals surface area contributed by atoms with Crippen molar-refractivity contribution in [2.24, 2.45) is 0 Å². The first kappa shape index (κ1) is 14.6. The molecule has 1 saturated carbocycles. The molecular weight excluding hydrogens is 286 g/mol. The molecule has 1 aromatic heterocycles. The molecule has 1 aliphatic carbocycles. The lowest BCUT2D eigenvalue weighted by atomic mass is 9.82. The van der Waals surface area contributed by atoms with Gasteiger partial charge in [0.15, 0.2) is 0 Å². The molecule has 0 atom stereocenters. The highest BCUT2D eigenvalue weighted by molar-refractivity contribution is 6.09. The largest absolute Gasteiger partial charge is 0.467 e. The summed E-state index contributed by atoms with van der Waals surface area (Å²) in [5.41, 5.74) is -0.781. The molecular formula is C15H19N3O4. The molecule has 2 fully saturated rings. The normalized spacial score (nSPS) is 20.3. The van der Waals surface area contributed by atoms with Gasteiger partial charge in [-0.2, -0.15) is 0 Å². The summed E-state index contributed by atoms with van der Waals surface area (Å²) in [6.45, 7) is -0.0201. The molecule has 1 saturated heterocycles. The second-order valence-corrected chi connectivity index (χ2v) is 5.82. The zero-order chi connectivity index (χ0) is 15.6. The van der Waals surface area contributed by atoms with Crippen LogP contribution < -0.4 is 10.6 Å². The smallest absolute Gasteiger partial charge is 0.325 e. The van der Waals surface area contributed by atoms with Crippen LogP contribution in [0.25, 0.3) is 0 Å². The third-order valence-electron chi connectivity index (χ3n) is 4.29. The number of urea groups is 1. The highest BCUT2D eigenvalue weighted by Gasteiger charge is 2.51. The minimum absolute atomic E-state index is 0.237. The van der Waals surface area contributed by atoms with Crippen LogP contribution in [0.5, 0.6) is 0 Å². The molecule has 7 nitrogen and oxygen atoms in total. The number of carbonyl (C=O) groups excluding carboxylic acids is 3.